The topological polar surface area (TPSA) is 56.3 Å². The van der Waals surface area contributed by atoms with Crippen LogP contribution in [0.1, 0.15) is 6.92 Å². The van der Waals surface area contributed by atoms with E-state index in [0.717, 1.165) is 21.5 Å². The zero-order valence-electron chi connectivity index (χ0n) is 14.4. The Hall–Kier alpha value is -1.67. The summed E-state index contributed by atoms with van der Waals surface area (Å²) < 4.78 is 12.1. The normalized spacial score (nSPS) is 10.6. The minimum atomic E-state index is 0.502. The first-order valence-corrected chi connectivity index (χ1v) is 10.7. The number of thioether (sulfide) groups is 1. The zero-order valence-corrected chi connectivity index (χ0v) is 17.6. The molecule has 27 heavy (non-hydrogen) atoms. The quantitative estimate of drug-likeness (QED) is 0.317. The molecule has 1 heterocycles. The number of hydrogen-bond donors (Lipinski definition) is 1. The summed E-state index contributed by atoms with van der Waals surface area (Å²) in [6.45, 7) is 3.06. The third kappa shape index (κ3) is 5.90. The van der Waals surface area contributed by atoms with E-state index in [2.05, 4.69) is 15.5 Å². The fourth-order valence-electron chi connectivity index (χ4n) is 2.16. The number of ether oxygens (including phenoxy) is 2. The molecule has 0 amide bonds. The van der Waals surface area contributed by atoms with Gasteiger partial charge in [-0.15, -0.1) is 10.2 Å². The highest BCUT2D eigenvalue weighted by molar-refractivity contribution is 8.01. The van der Waals surface area contributed by atoms with Crippen molar-refractivity contribution in [3.63, 3.8) is 0 Å². The van der Waals surface area contributed by atoms with Crippen molar-refractivity contribution in [1.29, 1.82) is 0 Å². The summed E-state index contributed by atoms with van der Waals surface area (Å²) in [7, 11) is 0. The number of nitrogens with zero attached hydrogens (tertiary/aromatic N) is 2. The van der Waals surface area contributed by atoms with Crippen molar-refractivity contribution in [2.24, 2.45) is 0 Å². The number of nitrogens with one attached hydrogen (secondary N) is 1. The Bertz CT molecular complexity index is 893. The van der Waals surface area contributed by atoms with Crippen LogP contribution in [-0.4, -0.2) is 29.2 Å². The second-order valence-electron chi connectivity index (χ2n) is 5.20. The lowest BCUT2D eigenvalue weighted by Crippen LogP contribution is -2.00. The number of halogens is 2. The highest BCUT2D eigenvalue weighted by Crippen LogP contribution is 2.32. The van der Waals surface area contributed by atoms with Crippen LogP contribution in [0.2, 0.25) is 10.0 Å². The molecule has 0 aliphatic rings. The molecule has 0 radical (unpaired) electrons. The fourth-order valence-corrected chi connectivity index (χ4v) is 4.27. The van der Waals surface area contributed by atoms with Crippen LogP contribution < -0.4 is 14.8 Å². The smallest absolute Gasteiger partial charge is 0.210 e. The summed E-state index contributed by atoms with van der Waals surface area (Å²) in [5.74, 6) is 2.13. The summed E-state index contributed by atoms with van der Waals surface area (Å²) >= 11 is 15.0. The van der Waals surface area contributed by atoms with Crippen molar-refractivity contribution in [2.45, 2.75) is 11.3 Å². The molecule has 0 aliphatic carbocycles. The van der Waals surface area contributed by atoms with Crippen LogP contribution in [0, 0.1) is 0 Å². The van der Waals surface area contributed by atoms with Crippen LogP contribution in [-0.2, 0) is 0 Å². The molecule has 0 saturated heterocycles. The molecule has 0 bridgehead atoms. The van der Waals surface area contributed by atoms with Gasteiger partial charge < -0.3 is 14.8 Å². The third-order valence-corrected chi connectivity index (χ3v) is 5.76. The van der Waals surface area contributed by atoms with E-state index in [1.807, 2.05) is 31.2 Å². The molecule has 3 aromatic rings. The maximum Gasteiger partial charge on any atom is 0.210 e. The number of rotatable bonds is 9. The molecule has 0 aliphatic heterocycles. The standard InChI is InChI=1S/C18H17Cl2N3O2S2/c1-2-24-16-6-4-3-5-14(16)21-17-22-23-18(27-17)26-10-9-25-15-8-7-12(19)11-13(15)20/h3-8,11H,2,9-10H2,1H3,(H,21,22). The molecule has 1 aromatic heterocycles. The van der Waals surface area contributed by atoms with E-state index in [-0.39, 0.29) is 0 Å². The molecule has 5 nitrogen and oxygen atoms in total. The van der Waals surface area contributed by atoms with Crippen molar-refractivity contribution in [1.82, 2.24) is 10.2 Å². The van der Waals surface area contributed by atoms with Gasteiger partial charge in [-0.05, 0) is 37.3 Å². The van der Waals surface area contributed by atoms with Gasteiger partial charge in [0.15, 0.2) is 4.34 Å². The van der Waals surface area contributed by atoms with Crippen molar-refractivity contribution in [3.8, 4) is 11.5 Å². The van der Waals surface area contributed by atoms with Crippen molar-refractivity contribution >= 4 is 57.1 Å². The van der Waals surface area contributed by atoms with E-state index in [1.165, 1.54) is 11.3 Å². The first kappa shape index (κ1) is 20.1. The number of para-hydroxylation sites is 2. The van der Waals surface area contributed by atoms with E-state index in [0.29, 0.717) is 34.1 Å². The average molecular weight is 442 g/mol. The van der Waals surface area contributed by atoms with Gasteiger partial charge in [0, 0.05) is 10.8 Å². The second kappa shape index (κ2) is 10.0. The first-order chi connectivity index (χ1) is 13.2. The van der Waals surface area contributed by atoms with Gasteiger partial charge in [0.25, 0.3) is 0 Å². The van der Waals surface area contributed by atoms with E-state index in [4.69, 9.17) is 32.7 Å². The Morgan fingerprint density at radius 1 is 1.07 bits per heavy atom. The van der Waals surface area contributed by atoms with E-state index < -0.39 is 0 Å². The molecule has 0 unspecified atom stereocenters. The van der Waals surface area contributed by atoms with Crippen LogP contribution in [0.25, 0.3) is 0 Å². The van der Waals surface area contributed by atoms with Crippen LogP contribution in [0.15, 0.2) is 46.8 Å². The largest absolute Gasteiger partial charge is 0.492 e. The molecular formula is C18H17Cl2N3O2S2. The van der Waals surface area contributed by atoms with Crippen LogP contribution in [0.5, 0.6) is 11.5 Å². The maximum absolute atomic E-state index is 6.09. The summed E-state index contributed by atoms with van der Waals surface area (Å²) in [4.78, 5) is 0. The summed E-state index contributed by atoms with van der Waals surface area (Å²) in [5, 5.41) is 13.4. The van der Waals surface area contributed by atoms with Gasteiger partial charge in [0.05, 0.1) is 23.9 Å². The van der Waals surface area contributed by atoms with Crippen molar-refractivity contribution < 1.29 is 9.47 Å². The van der Waals surface area contributed by atoms with E-state index in [1.54, 1.807) is 30.0 Å². The lowest BCUT2D eigenvalue weighted by molar-refractivity contribution is 0.342. The number of anilines is 2. The molecule has 2 aromatic carbocycles. The van der Waals surface area contributed by atoms with Gasteiger partial charge >= 0.3 is 0 Å². The number of hydrogen-bond acceptors (Lipinski definition) is 7. The predicted molar refractivity (Wildman–Crippen MR) is 113 cm³/mol. The molecular weight excluding hydrogens is 425 g/mol. The molecule has 0 fully saturated rings. The molecule has 0 atom stereocenters. The Kier molecular flexibility index (Phi) is 7.46. The lowest BCUT2D eigenvalue weighted by Gasteiger charge is -2.09. The van der Waals surface area contributed by atoms with E-state index >= 15 is 0 Å². The molecule has 9 heteroatoms. The summed E-state index contributed by atoms with van der Waals surface area (Å²) in [6, 6.07) is 12.9. The lowest BCUT2D eigenvalue weighted by atomic mass is 10.3. The SMILES string of the molecule is CCOc1ccccc1Nc1nnc(SCCOc2ccc(Cl)cc2Cl)s1. The maximum atomic E-state index is 6.09. The molecule has 142 valence electrons. The highest BCUT2D eigenvalue weighted by atomic mass is 35.5. The van der Waals surface area contributed by atoms with Gasteiger partial charge in [0.1, 0.15) is 11.5 Å². The molecule has 1 N–H and O–H groups in total. The number of aromatic nitrogens is 2. The van der Waals surface area contributed by atoms with Crippen LogP contribution in [0.3, 0.4) is 0 Å². The Morgan fingerprint density at radius 3 is 2.74 bits per heavy atom. The highest BCUT2D eigenvalue weighted by Gasteiger charge is 2.09. The third-order valence-electron chi connectivity index (χ3n) is 3.30. The second-order valence-corrected chi connectivity index (χ2v) is 8.36. The Balaban J connectivity index is 1.50. The minimum absolute atomic E-state index is 0.502. The average Bonchev–Trinajstić information content (AvgIpc) is 3.09. The minimum Gasteiger partial charge on any atom is -0.492 e. The van der Waals surface area contributed by atoms with Gasteiger partial charge in [0.2, 0.25) is 5.13 Å². The summed E-state index contributed by atoms with van der Waals surface area (Å²) in [6.07, 6.45) is 0. The van der Waals surface area contributed by atoms with Crippen LogP contribution in [0.4, 0.5) is 10.8 Å². The van der Waals surface area contributed by atoms with Crippen molar-refractivity contribution in [3.05, 3.63) is 52.5 Å². The zero-order chi connectivity index (χ0) is 19.1. The fraction of sp³-hybridized carbons (Fsp3) is 0.222. The van der Waals surface area contributed by atoms with Gasteiger partial charge in [-0.25, -0.2) is 0 Å². The van der Waals surface area contributed by atoms with E-state index in [9.17, 15) is 0 Å². The van der Waals surface area contributed by atoms with Gasteiger partial charge in [-0.1, -0.05) is 58.4 Å². The van der Waals surface area contributed by atoms with Gasteiger partial charge in [-0.3, -0.25) is 0 Å². The predicted octanol–water partition coefficient (Wildman–Crippen LogP) is 6.16. The summed E-state index contributed by atoms with van der Waals surface area (Å²) in [5.41, 5.74) is 0.868. The number of benzene rings is 2. The van der Waals surface area contributed by atoms with Crippen LogP contribution >= 0.6 is 46.3 Å². The Morgan fingerprint density at radius 2 is 1.93 bits per heavy atom. The first-order valence-electron chi connectivity index (χ1n) is 8.18. The monoisotopic (exact) mass is 441 g/mol. The molecule has 0 spiro atoms. The van der Waals surface area contributed by atoms with Gasteiger partial charge in [-0.2, -0.15) is 0 Å². The van der Waals surface area contributed by atoms with Crippen molar-refractivity contribution in [2.75, 3.05) is 24.3 Å². The Labute approximate surface area is 176 Å². The molecule has 0 saturated carbocycles. The molecule has 3 rings (SSSR count).